The number of esters is 1. The average Bonchev–Trinajstić information content (AvgIpc) is 2.52. The Labute approximate surface area is 115 Å². The molecule has 2 rings (SSSR count). The van der Waals surface area contributed by atoms with Crippen molar-refractivity contribution >= 4 is 5.97 Å². The van der Waals surface area contributed by atoms with E-state index in [4.69, 9.17) is 14.2 Å². The molecule has 0 aromatic heterocycles. The van der Waals surface area contributed by atoms with E-state index >= 15 is 0 Å². The van der Waals surface area contributed by atoms with Gasteiger partial charge in [0.25, 0.3) is 0 Å². The molecule has 4 nitrogen and oxygen atoms in total. The predicted molar refractivity (Wildman–Crippen MR) is 71.5 cm³/mol. The highest BCUT2D eigenvalue weighted by molar-refractivity contribution is 5.75. The lowest BCUT2D eigenvalue weighted by molar-refractivity contribution is -0.199. The van der Waals surface area contributed by atoms with Gasteiger partial charge in [-0.3, -0.25) is 4.79 Å². The molecule has 0 radical (unpaired) electrons. The van der Waals surface area contributed by atoms with E-state index in [2.05, 4.69) is 13.5 Å². The molecule has 0 aromatic carbocycles. The molecular formula is C15H24O4. The Kier molecular flexibility index (Phi) is 3.52. The minimum Gasteiger partial charge on any atom is -0.456 e. The fourth-order valence-electron chi connectivity index (χ4n) is 2.78. The lowest BCUT2D eigenvalue weighted by Crippen LogP contribution is -2.45. The summed E-state index contributed by atoms with van der Waals surface area (Å²) in [6.07, 6.45) is 0.842. The molecule has 4 heteroatoms. The first-order chi connectivity index (χ1) is 8.69. The monoisotopic (exact) mass is 268 g/mol. The maximum absolute atomic E-state index is 12.1. The van der Waals surface area contributed by atoms with Crippen LogP contribution in [0.2, 0.25) is 0 Å². The van der Waals surface area contributed by atoms with Crippen molar-refractivity contribution in [2.75, 3.05) is 7.11 Å². The van der Waals surface area contributed by atoms with Crippen LogP contribution in [0.3, 0.4) is 0 Å². The molecule has 2 aliphatic rings. The number of ether oxygens (including phenoxy) is 3. The van der Waals surface area contributed by atoms with E-state index in [0.717, 1.165) is 12.8 Å². The second kappa shape index (κ2) is 4.60. The largest absolute Gasteiger partial charge is 0.456 e. The van der Waals surface area contributed by atoms with Gasteiger partial charge in [0.05, 0.1) is 11.0 Å². The van der Waals surface area contributed by atoms with Gasteiger partial charge in [-0.05, 0) is 33.6 Å². The molecule has 0 amide bonds. The summed E-state index contributed by atoms with van der Waals surface area (Å²) in [7, 11) is 1.59. The summed E-state index contributed by atoms with van der Waals surface area (Å²) in [6.45, 7) is 11.6. The van der Waals surface area contributed by atoms with Crippen molar-refractivity contribution < 1.29 is 19.0 Å². The normalized spacial score (nSPS) is 33.3. The third-order valence-corrected chi connectivity index (χ3v) is 4.13. The molecule has 1 heterocycles. The molecule has 0 bridgehead atoms. The van der Waals surface area contributed by atoms with Crippen LogP contribution in [0, 0.1) is 11.3 Å². The number of hydrogen-bond acceptors (Lipinski definition) is 4. The molecule has 1 saturated heterocycles. The lowest BCUT2D eigenvalue weighted by atomic mass is 9.69. The number of hydrogen-bond donors (Lipinski definition) is 0. The molecule has 19 heavy (non-hydrogen) atoms. The van der Waals surface area contributed by atoms with Gasteiger partial charge in [-0.25, -0.2) is 0 Å². The van der Waals surface area contributed by atoms with E-state index in [1.54, 1.807) is 7.11 Å². The van der Waals surface area contributed by atoms with Crippen molar-refractivity contribution in [3.05, 3.63) is 12.2 Å². The van der Waals surface area contributed by atoms with E-state index in [0.29, 0.717) is 0 Å². The zero-order valence-electron chi connectivity index (χ0n) is 12.5. The van der Waals surface area contributed by atoms with Crippen molar-refractivity contribution in [1.29, 1.82) is 0 Å². The highest BCUT2D eigenvalue weighted by Gasteiger charge is 2.59. The average molecular weight is 268 g/mol. The van der Waals surface area contributed by atoms with Crippen LogP contribution in [0.1, 0.15) is 40.5 Å². The summed E-state index contributed by atoms with van der Waals surface area (Å²) in [5.74, 6) is -0.0977. The van der Waals surface area contributed by atoms with E-state index < -0.39 is 11.7 Å². The molecule has 108 valence electrons. The van der Waals surface area contributed by atoms with Gasteiger partial charge in [0.15, 0.2) is 12.4 Å². The Morgan fingerprint density at radius 1 is 1.42 bits per heavy atom. The minimum atomic E-state index is -0.517. The van der Waals surface area contributed by atoms with Crippen LogP contribution in [-0.2, 0) is 19.0 Å². The summed E-state index contributed by atoms with van der Waals surface area (Å²) in [5, 5.41) is 0. The maximum Gasteiger partial charge on any atom is 0.311 e. The standard InChI is InChI=1S/C15H24O4/c1-9-7-15(8-9)10(2)11(12(17-6)19-15)18-13(16)14(3,4)5/h10-12H,1,7-8H2,2-6H3/t10-,11+,12+/m0/s1. The van der Waals surface area contributed by atoms with Crippen molar-refractivity contribution in [2.45, 2.75) is 58.5 Å². The summed E-state index contributed by atoms with van der Waals surface area (Å²) < 4.78 is 17.0. The number of rotatable bonds is 2. The van der Waals surface area contributed by atoms with E-state index in [1.807, 2.05) is 20.8 Å². The van der Waals surface area contributed by atoms with Crippen LogP contribution in [0.15, 0.2) is 12.2 Å². The quantitative estimate of drug-likeness (QED) is 0.570. The van der Waals surface area contributed by atoms with E-state index in [9.17, 15) is 4.79 Å². The summed E-state index contributed by atoms with van der Waals surface area (Å²) in [5.41, 5.74) is 0.418. The second-order valence-electron chi connectivity index (χ2n) is 6.80. The lowest BCUT2D eigenvalue weighted by Gasteiger charge is -2.42. The van der Waals surface area contributed by atoms with Crippen LogP contribution in [0.5, 0.6) is 0 Å². The maximum atomic E-state index is 12.1. The number of carbonyl (C=O) groups excluding carboxylic acids is 1. The first-order valence-corrected chi connectivity index (χ1v) is 6.78. The Morgan fingerprint density at radius 3 is 2.42 bits per heavy atom. The minimum absolute atomic E-state index is 0.120. The third kappa shape index (κ3) is 2.43. The van der Waals surface area contributed by atoms with Crippen LogP contribution in [-0.4, -0.2) is 31.1 Å². The summed E-state index contributed by atoms with van der Waals surface area (Å²) in [6, 6.07) is 0. The van der Waals surface area contributed by atoms with Gasteiger partial charge in [0.1, 0.15) is 0 Å². The van der Waals surface area contributed by atoms with Gasteiger partial charge in [-0.2, -0.15) is 0 Å². The molecule has 1 aliphatic heterocycles. The van der Waals surface area contributed by atoms with Crippen molar-refractivity contribution in [2.24, 2.45) is 11.3 Å². The predicted octanol–water partition coefficient (Wildman–Crippen LogP) is 2.67. The fraction of sp³-hybridized carbons (Fsp3) is 0.800. The zero-order valence-corrected chi connectivity index (χ0v) is 12.5. The summed E-state index contributed by atoms with van der Waals surface area (Å²) >= 11 is 0. The highest BCUT2D eigenvalue weighted by atomic mass is 16.7. The first kappa shape index (κ1) is 14.5. The summed E-state index contributed by atoms with van der Waals surface area (Å²) in [4.78, 5) is 12.1. The second-order valence-corrected chi connectivity index (χ2v) is 6.80. The van der Waals surface area contributed by atoms with Crippen molar-refractivity contribution in [3.63, 3.8) is 0 Å². The first-order valence-electron chi connectivity index (χ1n) is 6.78. The van der Waals surface area contributed by atoms with Crippen molar-refractivity contribution in [1.82, 2.24) is 0 Å². The molecule has 1 saturated carbocycles. The van der Waals surface area contributed by atoms with Gasteiger partial charge >= 0.3 is 5.97 Å². The van der Waals surface area contributed by atoms with Crippen molar-refractivity contribution in [3.8, 4) is 0 Å². The number of carbonyl (C=O) groups is 1. The van der Waals surface area contributed by atoms with Gasteiger partial charge in [0, 0.05) is 13.0 Å². The third-order valence-electron chi connectivity index (χ3n) is 4.13. The Hall–Kier alpha value is -0.870. The fourth-order valence-corrected chi connectivity index (χ4v) is 2.78. The van der Waals surface area contributed by atoms with E-state index in [1.165, 1.54) is 5.57 Å². The van der Waals surface area contributed by atoms with Crippen LogP contribution >= 0.6 is 0 Å². The smallest absolute Gasteiger partial charge is 0.311 e. The molecule has 0 N–H and O–H groups in total. The molecule has 0 aromatic rings. The van der Waals surface area contributed by atoms with Gasteiger partial charge in [0.2, 0.25) is 0 Å². The SMILES string of the molecule is C=C1CC2(C1)O[C@@H](OC)[C@H](OC(=O)C(C)(C)C)[C@@H]2C. The molecule has 1 spiro atoms. The van der Waals surface area contributed by atoms with Crippen LogP contribution < -0.4 is 0 Å². The Morgan fingerprint density at radius 2 is 2.00 bits per heavy atom. The Bertz CT molecular complexity index is 385. The molecular weight excluding hydrogens is 244 g/mol. The van der Waals surface area contributed by atoms with E-state index in [-0.39, 0.29) is 23.6 Å². The zero-order chi connectivity index (χ0) is 14.4. The molecule has 3 atom stereocenters. The highest BCUT2D eigenvalue weighted by Crippen LogP contribution is 2.52. The topological polar surface area (TPSA) is 44.8 Å². The van der Waals surface area contributed by atoms with Gasteiger partial charge in [-0.15, -0.1) is 0 Å². The molecule has 0 unspecified atom stereocenters. The van der Waals surface area contributed by atoms with Gasteiger partial charge in [-0.1, -0.05) is 19.1 Å². The molecule has 2 fully saturated rings. The Balaban J connectivity index is 2.11. The number of methoxy groups -OCH3 is 1. The van der Waals surface area contributed by atoms with Crippen LogP contribution in [0.25, 0.3) is 0 Å². The van der Waals surface area contributed by atoms with Gasteiger partial charge < -0.3 is 14.2 Å². The van der Waals surface area contributed by atoms with Crippen LogP contribution in [0.4, 0.5) is 0 Å². The molecule has 1 aliphatic carbocycles.